The molecular formula is C28H45N3O5. The van der Waals surface area contributed by atoms with Gasteiger partial charge in [0.1, 0.15) is 17.5 Å². The summed E-state index contributed by atoms with van der Waals surface area (Å²) < 4.78 is 10.6. The third kappa shape index (κ3) is 7.87. The maximum atomic E-state index is 13.6. The summed E-state index contributed by atoms with van der Waals surface area (Å²) in [5.74, 6) is 0.619. The topological polar surface area (TPSA) is 88.2 Å². The number of amides is 3. The van der Waals surface area contributed by atoms with Gasteiger partial charge in [-0.1, -0.05) is 52.9 Å². The molecule has 0 aliphatic carbocycles. The number of nitrogens with one attached hydrogen (secondary N) is 1. The Bertz CT molecular complexity index is 875. The number of ether oxygens (including phenoxy) is 2. The molecule has 0 aromatic heterocycles. The maximum Gasteiger partial charge on any atom is 0.255 e. The predicted octanol–water partition coefficient (Wildman–Crippen LogP) is 4.27. The second kappa shape index (κ2) is 14.7. The Morgan fingerprint density at radius 1 is 1.06 bits per heavy atom. The second-order valence-electron chi connectivity index (χ2n) is 9.79. The highest BCUT2D eigenvalue weighted by molar-refractivity contribution is 6.00. The number of rotatable bonds is 13. The summed E-state index contributed by atoms with van der Waals surface area (Å²) in [6.07, 6.45) is 6.88. The molecule has 0 radical (unpaired) electrons. The second-order valence-corrected chi connectivity index (χ2v) is 9.79. The van der Waals surface area contributed by atoms with E-state index in [1.807, 2.05) is 25.7 Å². The fraction of sp³-hybridized carbons (Fsp3) is 0.679. The summed E-state index contributed by atoms with van der Waals surface area (Å²) in [6, 6.07) is 4.26. The van der Waals surface area contributed by atoms with Crippen molar-refractivity contribution in [1.29, 1.82) is 0 Å². The molecule has 8 nitrogen and oxygen atoms in total. The first-order valence-electron chi connectivity index (χ1n) is 13.4. The summed E-state index contributed by atoms with van der Waals surface area (Å²) in [5.41, 5.74) is 0.349. The van der Waals surface area contributed by atoms with Crippen molar-refractivity contribution in [3.05, 3.63) is 23.8 Å². The van der Waals surface area contributed by atoms with Gasteiger partial charge in [-0.2, -0.15) is 0 Å². The van der Waals surface area contributed by atoms with E-state index in [4.69, 9.17) is 9.47 Å². The van der Waals surface area contributed by atoms with E-state index in [1.54, 1.807) is 30.2 Å². The van der Waals surface area contributed by atoms with Crippen LogP contribution in [0.4, 0.5) is 0 Å². The molecule has 1 aromatic carbocycles. The minimum atomic E-state index is -0.665. The van der Waals surface area contributed by atoms with E-state index in [1.165, 1.54) is 26.4 Å². The standard InChI is InChI=1S/C28H45N3O5/c1-7-9-10-11-12-13-25(32)31-17-16-30(19-21(31)4)28(34)26(20(3)8-2)29-27(33)23-15-14-22(35-5)18-24(23)36-6/h14-15,18,20-21,26H,7-13,16-17,19H2,1-6H3,(H,29,33)/t20-,21-,26+/m0/s1. The largest absolute Gasteiger partial charge is 0.497 e. The summed E-state index contributed by atoms with van der Waals surface area (Å²) in [6.45, 7) is 9.61. The normalized spacial score (nSPS) is 17.3. The number of hydrogen-bond donors (Lipinski definition) is 1. The molecule has 0 saturated carbocycles. The quantitative estimate of drug-likeness (QED) is 0.406. The van der Waals surface area contributed by atoms with Gasteiger partial charge >= 0.3 is 0 Å². The van der Waals surface area contributed by atoms with Crippen LogP contribution in [0.2, 0.25) is 0 Å². The molecule has 2 rings (SSSR count). The monoisotopic (exact) mass is 503 g/mol. The number of piperazine rings is 1. The lowest BCUT2D eigenvalue weighted by Gasteiger charge is -2.41. The Morgan fingerprint density at radius 2 is 1.78 bits per heavy atom. The van der Waals surface area contributed by atoms with Gasteiger partial charge in [-0.3, -0.25) is 14.4 Å². The van der Waals surface area contributed by atoms with Crippen LogP contribution in [0.15, 0.2) is 18.2 Å². The molecule has 3 atom stereocenters. The SMILES string of the molecule is CCCCCCCC(=O)N1CCN(C(=O)[C@H](NC(=O)c2ccc(OC)cc2OC)[C@@H](C)CC)C[C@@H]1C. The minimum absolute atomic E-state index is 0.0521. The molecule has 1 aliphatic heterocycles. The van der Waals surface area contributed by atoms with Gasteiger partial charge in [-0.15, -0.1) is 0 Å². The molecular weight excluding hydrogens is 458 g/mol. The van der Waals surface area contributed by atoms with Gasteiger partial charge in [0.05, 0.1) is 19.8 Å². The number of hydrogen-bond acceptors (Lipinski definition) is 5. The highest BCUT2D eigenvalue weighted by Gasteiger charge is 2.35. The van der Waals surface area contributed by atoms with Gasteiger partial charge in [0.25, 0.3) is 5.91 Å². The Morgan fingerprint density at radius 3 is 2.39 bits per heavy atom. The first-order valence-corrected chi connectivity index (χ1v) is 13.4. The van der Waals surface area contributed by atoms with Crippen LogP contribution in [0.25, 0.3) is 0 Å². The van der Waals surface area contributed by atoms with Crippen LogP contribution >= 0.6 is 0 Å². The molecule has 36 heavy (non-hydrogen) atoms. The van der Waals surface area contributed by atoms with E-state index in [0.29, 0.717) is 43.1 Å². The maximum absolute atomic E-state index is 13.6. The van der Waals surface area contributed by atoms with Crippen LogP contribution < -0.4 is 14.8 Å². The number of nitrogens with zero attached hydrogens (tertiary/aromatic N) is 2. The predicted molar refractivity (Wildman–Crippen MR) is 141 cm³/mol. The first-order chi connectivity index (χ1) is 17.3. The number of carbonyl (C=O) groups is 3. The lowest BCUT2D eigenvalue weighted by atomic mass is 9.96. The average Bonchev–Trinajstić information content (AvgIpc) is 2.89. The molecule has 1 fully saturated rings. The van der Waals surface area contributed by atoms with Gasteiger partial charge in [-0.05, 0) is 31.4 Å². The smallest absolute Gasteiger partial charge is 0.255 e. The molecule has 1 N–H and O–H groups in total. The van der Waals surface area contributed by atoms with E-state index < -0.39 is 6.04 Å². The van der Waals surface area contributed by atoms with Crippen LogP contribution in [0, 0.1) is 5.92 Å². The molecule has 202 valence electrons. The molecule has 1 aliphatic rings. The molecule has 8 heteroatoms. The number of benzene rings is 1. The minimum Gasteiger partial charge on any atom is -0.497 e. The molecule has 3 amide bonds. The third-order valence-corrected chi connectivity index (χ3v) is 7.17. The summed E-state index contributed by atoms with van der Waals surface area (Å²) in [7, 11) is 3.05. The first kappa shape index (κ1) is 29.5. The van der Waals surface area contributed by atoms with Gasteiger partial charge in [0.15, 0.2) is 0 Å². The van der Waals surface area contributed by atoms with E-state index >= 15 is 0 Å². The van der Waals surface area contributed by atoms with Gasteiger partial charge < -0.3 is 24.6 Å². The van der Waals surface area contributed by atoms with Crippen molar-refractivity contribution in [2.45, 2.75) is 84.7 Å². The van der Waals surface area contributed by atoms with Crippen LogP contribution in [0.5, 0.6) is 11.5 Å². The van der Waals surface area contributed by atoms with Crippen molar-refractivity contribution in [3.63, 3.8) is 0 Å². The van der Waals surface area contributed by atoms with E-state index in [9.17, 15) is 14.4 Å². The number of methoxy groups -OCH3 is 2. The average molecular weight is 504 g/mol. The highest BCUT2D eigenvalue weighted by Crippen LogP contribution is 2.25. The summed E-state index contributed by atoms with van der Waals surface area (Å²) in [4.78, 5) is 43.2. The fourth-order valence-corrected chi connectivity index (χ4v) is 4.64. The fourth-order valence-electron chi connectivity index (χ4n) is 4.64. The van der Waals surface area contributed by atoms with E-state index in [2.05, 4.69) is 12.2 Å². The van der Waals surface area contributed by atoms with Gasteiger partial charge in [0.2, 0.25) is 11.8 Å². The third-order valence-electron chi connectivity index (χ3n) is 7.17. The molecule has 0 spiro atoms. The van der Waals surface area contributed by atoms with Crippen molar-refractivity contribution in [2.75, 3.05) is 33.9 Å². The Hall–Kier alpha value is -2.77. The summed E-state index contributed by atoms with van der Waals surface area (Å²) >= 11 is 0. The van der Waals surface area contributed by atoms with Crippen molar-refractivity contribution in [3.8, 4) is 11.5 Å². The number of unbranched alkanes of at least 4 members (excludes halogenated alkanes) is 4. The number of carbonyl (C=O) groups excluding carboxylic acids is 3. The highest BCUT2D eigenvalue weighted by atomic mass is 16.5. The van der Waals surface area contributed by atoms with Crippen molar-refractivity contribution in [2.24, 2.45) is 5.92 Å². The zero-order valence-corrected chi connectivity index (χ0v) is 23.0. The van der Waals surface area contributed by atoms with Crippen LogP contribution in [-0.4, -0.2) is 73.5 Å². The Labute approximate surface area is 216 Å². The van der Waals surface area contributed by atoms with Crippen LogP contribution in [-0.2, 0) is 9.59 Å². The zero-order valence-electron chi connectivity index (χ0n) is 23.0. The molecule has 1 saturated heterocycles. The molecule has 0 unspecified atom stereocenters. The van der Waals surface area contributed by atoms with Crippen molar-refractivity contribution >= 4 is 17.7 Å². The Balaban J connectivity index is 2.03. The summed E-state index contributed by atoms with van der Waals surface area (Å²) in [5, 5.41) is 2.96. The lowest BCUT2D eigenvalue weighted by Crippen LogP contribution is -2.60. The Kier molecular flexibility index (Phi) is 12.0. The van der Waals surface area contributed by atoms with Crippen LogP contribution in [0.3, 0.4) is 0 Å². The zero-order chi connectivity index (χ0) is 26.7. The van der Waals surface area contributed by atoms with Crippen LogP contribution in [0.1, 0.15) is 83.0 Å². The van der Waals surface area contributed by atoms with Crippen molar-refractivity contribution in [1.82, 2.24) is 15.1 Å². The molecule has 1 aromatic rings. The van der Waals surface area contributed by atoms with Gasteiger partial charge in [-0.25, -0.2) is 0 Å². The van der Waals surface area contributed by atoms with Gasteiger partial charge in [0, 0.05) is 38.2 Å². The van der Waals surface area contributed by atoms with E-state index in [0.717, 1.165) is 19.3 Å². The van der Waals surface area contributed by atoms with E-state index in [-0.39, 0.29) is 29.7 Å². The lowest BCUT2D eigenvalue weighted by molar-refractivity contribution is -0.144. The molecule has 0 bridgehead atoms. The van der Waals surface area contributed by atoms with Crippen molar-refractivity contribution < 1.29 is 23.9 Å². The molecule has 1 heterocycles.